The highest BCUT2D eigenvalue weighted by Gasteiger charge is 2.35. The zero-order chi connectivity index (χ0) is 9.41. The summed E-state index contributed by atoms with van der Waals surface area (Å²) >= 11 is 0. The van der Waals surface area contributed by atoms with Crippen molar-refractivity contribution in [2.45, 2.75) is 6.92 Å². The van der Waals surface area contributed by atoms with Crippen LogP contribution in [-0.4, -0.2) is 42.0 Å². The van der Waals surface area contributed by atoms with Gasteiger partial charge in [-0.05, 0) is 6.92 Å². The monoisotopic (exact) mass is 192 g/mol. The van der Waals surface area contributed by atoms with Crippen LogP contribution in [0.1, 0.15) is 6.92 Å². The second-order valence-corrected chi connectivity index (χ2v) is 4.48. The summed E-state index contributed by atoms with van der Waals surface area (Å²) in [6.07, 6.45) is 3.03. The summed E-state index contributed by atoms with van der Waals surface area (Å²) in [5.41, 5.74) is 0. The third-order valence-corrected chi connectivity index (χ3v) is 3.42. The maximum absolute atomic E-state index is 10.9. The highest BCUT2D eigenvalue weighted by atomic mass is 32.2. The van der Waals surface area contributed by atoms with Crippen LogP contribution in [0.15, 0.2) is 12.4 Å². The van der Waals surface area contributed by atoms with Gasteiger partial charge in [-0.2, -0.15) is 12.3 Å². The Bertz CT molecular complexity index is 298. The Kier molecular flexibility index (Phi) is 2.15. The Balaban J connectivity index is 3.03. The van der Waals surface area contributed by atoms with Gasteiger partial charge in [-0.15, -0.1) is 0 Å². The molecule has 0 aromatic rings. The molecular weight excluding hydrogens is 180 g/mol. The number of nitrogens with zero attached hydrogens (tertiary/aromatic N) is 2. The summed E-state index contributed by atoms with van der Waals surface area (Å²) in [7, 11) is -2.55. The molecule has 1 aliphatic heterocycles. The van der Waals surface area contributed by atoms with Gasteiger partial charge in [0.25, 0.3) is 10.3 Å². The van der Waals surface area contributed by atoms with E-state index in [4.69, 9.17) is 0 Å². The van der Waals surface area contributed by atoms with E-state index in [1.165, 1.54) is 6.20 Å². The lowest BCUT2D eigenvalue weighted by atomic mass is 10.6. The van der Waals surface area contributed by atoms with Crippen molar-refractivity contribution in [1.82, 2.24) is 4.90 Å². The van der Waals surface area contributed by atoms with E-state index >= 15 is 0 Å². The normalized spacial score (nSPS) is 29.8. The lowest BCUT2D eigenvalue weighted by Crippen LogP contribution is -2.48. The Hall–Kier alpha value is -0.590. The molecule has 0 N–H and O–H groups in total. The van der Waals surface area contributed by atoms with Crippen LogP contribution in [0.4, 0.5) is 0 Å². The molecule has 5 nitrogen and oxygen atoms in total. The van der Waals surface area contributed by atoms with Crippen LogP contribution in [0.3, 0.4) is 0 Å². The molecule has 70 valence electrons. The smallest absolute Gasteiger partial charge is 0.260 e. The van der Waals surface area contributed by atoms with Gasteiger partial charge in [-0.3, -0.25) is 0 Å². The van der Waals surface area contributed by atoms with Crippen LogP contribution >= 0.6 is 0 Å². The van der Waals surface area contributed by atoms with Crippen molar-refractivity contribution in [2.24, 2.45) is 0 Å². The van der Waals surface area contributed by atoms with Crippen molar-refractivity contribution in [2.75, 3.05) is 20.3 Å². The van der Waals surface area contributed by atoms with Gasteiger partial charge in [0.2, 0.25) is 0 Å². The molecule has 0 bridgehead atoms. The van der Waals surface area contributed by atoms with Gasteiger partial charge in [0.05, 0.1) is 12.7 Å². The van der Waals surface area contributed by atoms with E-state index < -0.39 is 14.2 Å². The molecule has 0 amide bonds. The summed E-state index contributed by atoms with van der Waals surface area (Å²) in [6, 6.07) is 0. The minimum atomic E-state index is -4.29. The second kappa shape index (κ2) is 2.72. The van der Waals surface area contributed by atoms with Crippen LogP contribution in [0.2, 0.25) is 0 Å². The Labute approximate surface area is 72.4 Å². The Morgan fingerprint density at radius 2 is 2.25 bits per heavy atom. The molecule has 0 saturated carbocycles. The predicted molar refractivity (Wildman–Crippen MR) is 42.3 cm³/mol. The van der Waals surface area contributed by atoms with Crippen LogP contribution in [-0.2, 0) is 10.3 Å². The summed E-state index contributed by atoms with van der Waals surface area (Å²) < 4.78 is 32.1. The molecule has 1 aliphatic rings. The quantitative estimate of drug-likeness (QED) is 0.443. The van der Waals surface area contributed by atoms with Gasteiger partial charge in [-0.25, -0.2) is 0 Å². The number of quaternary nitrogens is 1. The van der Waals surface area contributed by atoms with Gasteiger partial charge >= 0.3 is 0 Å². The molecule has 1 heterocycles. The first kappa shape index (κ1) is 9.50. The van der Waals surface area contributed by atoms with E-state index in [2.05, 4.69) is 0 Å². The molecule has 0 spiro atoms. The number of rotatable bonds is 2. The number of hydrogen-bond acceptors (Lipinski definition) is 4. The topological polar surface area (TPSA) is 60.4 Å². The first-order chi connectivity index (χ1) is 5.41. The summed E-state index contributed by atoms with van der Waals surface area (Å²) in [4.78, 5) is 1.68. The van der Waals surface area contributed by atoms with Gasteiger partial charge in [0, 0.05) is 7.05 Å². The fourth-order valence-corrected chi connectivity index (χ4v) is 2.06. The molecule has 0 radical (unpaired) electrons. The maximum Gasteiger partial charge on any atom is 0.260 e. The maximum atomic E-state index is 10.9. The highest BCUT2D eigenvalue weighted by molar-refractivity contribution is 7.80. The van der Waals surface area contributed by atoms with Crippen LogP contribution in [0.5, 0.6) is 0 Å². The van der Waals surface area contributed by atoms with Gasteiger partial charge < -0.3 is 9.45 Å². The SMILES string of the molecule is CC[N+]1(S(=O)(=O)[O-])C=CN(C)C1. The van der Waals surface area contributed by atoms with Crippen LogP contribution in [0.25, 0.3) is 0 Å². The second-order valence-electron chi connectivity index (χ2n) is 2.89. The fraction of sp³-hybridized carbons (Fsp3) is 0.667. The van der Waals surface area contributed by atoms with Crippen molar-refractivity contribution in [3.8, 4) is 0 Å². The van der Waals surface area contributed by atoms with Crippen molar-refractivity contribution in [3.63, 3.8) is 0 Å². The lowest BCUT2D eigenvalue weighted by molar-refractivity contribution is -0.757. The molecule has 6 heteroatoms. The third kappa shape index (κ3) is 1.33. The predicted octanol–water partition coefficient (Wildman–Crippen LogP) is -0.343. The highest BCUT2D eigenvalue weighted by Crippen LogP contribution is 2.20. The third-order valence-electron chi connectivity index (χ3n) is 2.04. The Morgan fingerprint density at radius 3 is 2.42 bits per heavy atom. The van der Waals surface area contributed by atoms with E-state index in [-0.39, 0.29) is 13.2 Å². The average Bonchev–Trinajstić information content (AvgIpc) is 2.31. The van der Waals surface area contributed by atoms with E-state index in [9.17, 15) is 13.0 Å². The van der Waals surface area contributed by atoms with Crippen molar-refractivity contribution in [1.29, 1.82) is 0 Å². The van der Waals surface area contributed by atoms with Gasteiger partial charge in [0.1, 0.15) is 6.20 Å². The first-order valence-electron chi connectivity index (χ1n) is 3.64. The van der Waals surface area contributed by atoms with Gasteiger partial charge in [0.15, 0.2) is 6.67 Å². The van der Waals surface area contributed by atoms with E-state index in [1.807, 2.05) is 0 Å². The molecule has 12 heavy (non-hydrogen) atoms. The van der Waals surface area contributed by atoms with Crippen LogP contribution < -0.4 is 0 Å². The lowest BCUT2D eigenvalue weighted by Gasteiger charge is -2.31. The van der Waals surface area contributed by atoms with E-state index in [0.29, 0.717) is 0 Å². The summed E-state index contributed by atoms with van der Waals surface area (Å²) in [5, 5.41) is 0. The zero-order valence-electron chi connectivity index (χ0n) is 7.10. The summed E-state index contributed by atoms with van der Waals surface area (Å²) in [5.74, 6) is 0. The molecule has 0 saturated heterocycles. The molecule has 0 fully saturated rings. The minimum absolute atomic E-state index is 0.211. The Morgan fingerprint density at radius 1 is 1.67 bits per heavy atom. The molecule has 0 aromatic carbocycles. The first-order valence-corrected chi connectivity index (χ1v) is 5.00. The van der Waals surface area contributed by atoms with E-state index in [0.717, 1.165) is 0 Å². The average molecular weight is 192 g/mol. The van der Waals surface area contributed by atoms with Gasteiger partial charge in [-0.1, -0.05) is 0 Å². The standard InChI is InChI=1S/C6H12N2O3S/c1-3-8(12(9,10)11)5-4-7(2)6-8/h4-5H,3,6H2,1-2H3. The molecule has 1 unspecified atom stereocenters. The van der Waals surface area contributed by atoms with Crippen LogP contribution in [0, 0.1) is 0 Å². The van der Waals surface area contributed by atoms with E-state index in [1.54, 1.807) is 25.1 Å². The molecule has 0 aliphatic carbocycles. The molecule has 1 rings (SSSR count). The minimum Gasteiger partial charge on any atom is -0.701 e. The number of hydrogen-bond donors (Lipinski definition) is 0. The summed E-state index contributed by atoms with van der Waals surface area (Å²) in [6.45, 7) is 2.16. The molecule has 0 aromatic heterocycles. The van der Waals surface area contributed by atoms with Crippen molar-refractivity contribution < 1.29 is 16.9 Å². The molecule has 1 atom stereocenters. The fourth-order valence-electron chi connectivity index (χ4n) is 1.22. The molecular formula is C6H12N2O3S. The van der Waals surface area contributed by atoms with Crippen molar-refractivity contribution >= 4 is 10.3 Å². The van der Waals surface area contributed by atoms with Crippen molar-refractivity contribution in [3.05, 3.63) is 12.4 Å². The largest absolute Gasteiger partial charge is 0.701 e. The zero-order valence-corrected chi connectivity index (χ0v) is 7.91.